The Morgan fingerprint density at radius 2 is 2.28 bits per heavy atom. The predicted molar refractivity (Wildman–Crippen MR) is 69.9 cm³/mol. The van der Waals surface area contributed by atoms with Crippen LogP contribution < -0.4 is 4.74 Å². The van der Waals surface area contributed by atoms with E-state index in [1.54, 1.807) is 6.08 Å². The van der Waals surface area contributed by atoms with E-state index >= 15 is 0 Å². The van der Waals surface area contributed by atoms with Crippen LogP contribution >= 0.6 is 0 Å². The fourth-order valence-corrected chi connectivity index (χ4v) is 1.86. The Kier molecular flexibility index (Phi) is 3.67. The molecule has 2 aromatic rings. The van der Waals surface area contributed by atoms with Crippen molar-refractivity contribution in [3.05, 3.63) is 42.6 Å². The first-order valence-corrected chi connectivity index (χ1v) is 5.82. The summed E-state index contributed by atoms with van der Waals surface area (Å²) in [6, 6.07) is 7.88. The number of rotatable bonds is 5. The van der Waals surface area contributed by atoms with Gasteiger partial charge in [0, 0.05) is 29.7 Å². The molecule has 4 nitrogen and oxygen atoms in total. The van der Waals surface area contributed by atoms with E-state index in [0.29, 0.717) is 13.2 Å². The third-order valence-corrected chi connectivity index (χ3v) is 2.62. The van der Waals surface area contributed by atoms with Gasteiger partial charge in [0.25, 0.3) is 0 Å². The van der Waals surface area contributed by atoms with Gasteiger partial charge in [0.15, 0.2) is 0 Å². The molecule has 0 bridgehead atoms. The van der Waals surface area contributed by atoms with E-state index in [9.17, 15) is 4.79 Å². The van der Waals surface area contributed by atoms with Gasteiger partial charge in [-0.2, -0.15) is 0 Å². The van der Waals surface area contributed by atoms with Crippen molar-refractivity contribution < 1.29 is 14.6 Å². The number of aromatic nitrogens is 1. The van der Waals surface area contributed by atoms with E-state index in [-0.39, 0.29) is 0 Å². The normalized spacial score (nSPS) is 11.2. The van der Waals surface area contributed by atoms with E-state index < -0.39 is 5.97 Å². The summed E-state index contributed by atoms with van der Waals surface area (Å²) >= 11 is 0. The fourth-order valence-electron chi connectivity index (χ4n) is 1.86. The highest BCUT2D eigenvalue weighted by Crippen LogP contribution is 2.22. The van der Waals surface area contributed by atoms with Crippen LogP contribution in [0, 0.1) is 0 Å². The number of carboxylic acid groups (broad SMARTS) is 1. The van der Waals surface area contributed by atoms with E-state index in [0.717, 1.165) is 22.7 Å². The van der Waals surface area contributed by atoms with E-state index in [4.69, 9.17) is 9.84 Å². The Balaban J connectivity index is 2.23. The summed E-state index contributed by atoms with van der Waals surface area (Å²) < 4.78 is 7.43. The molecule has 0 amide bonds. The van der Waals surface area contributed by atoms with Crippen LogP contribution in [0.5, 0.6) is 5.75 Å². The molecule has 1 aromatic heterocycles. The number of aliphatic carboxylic acids is 1. The monoisotopic (exact) mass is 245 g/mol. The molecule has 4 heteroatoms. The summed E-state index contributed by atoms with van der Waals surface area (Å²) in [5.74, 6) is -0.0751. The smallest absolute Gasteiger partial charge is 0.328 e. The van der Waals surface area contributed by atoms with Crippen LogP contribution in [0.3, 0.4) is 0 Å². The van der Waals surface area contributed by atoms with Gasteiger partial charge >= 0.3 is 5.97 Å². The predicted octanol–water partition coefficient (Wildman–Crippen LogP) is 2.68. The number of hydrogen-bond acceptors (Lipinski definition) is 2. The largest absolute Gasteiger partial charge is 0.494 e. The van der Waals surface area contributed by atoms with Crippen molar-refractivity contribution in [3.8, 4) is 5.75 Å². The Morgan fingerprint density at radius 3 is 3.00 bits per heavy atom. The van der Waals surface area contributed by atoms with Crippen molar-refractivity contribution in [1.29, 1.82) is 0 Å². The van der Waals surface area contributed by atoms with E-state index in [1.165, 1.54) is 0 Å². The first kappa shape index (κ1) is 12.2. The average molecular weight is 245 g/mol. The number of allylic oxidation sites excluding steroid dienone is 1. The summed E-state index contributed by atoms with van der Waals surface area (Å²) in [5.41, 5.74) is 1.06. The topological polar surface area (TPSA) is 51.5 Å². The molecule has 0 fully saturated rings. The molecule has 0 radical (unpaired) electrons. The number of nitrogens with zero attached hydrogens (tertiary/aromatic N) is 1. The van der Waals surface area contributed by atoms with E-state index in [2.05, 4.69) is 0 Å². The van der Waals surface area contributed by atoms with Gasteiger partial charge in [-0.1, -0.05) is 6.08 Å². The summed E-state index contributed by atoms with van der Waals surface area (Å²) in [6.45, 7) is 3.14. The van der Waals surface area contributed by atoms with Gasteiger partial charge in [0.1, 0.15) is 5.75 Å². The molecule has 0 spiro atoms. The molecule has 0 atom stereocenters. The lowest BCUT2D eigenvalue weighted by molar-refractivity contribution is -0.131. The minimum atomic E-state index is -0.926. The van der Waals surface area contributed by atoms with Crippen molar-refractivity contribution in [2.24, 2.45) is 0 Å². The van der Waals surface area contributed by atoms with Crippen molar-refractivity contribution >= 4 is 16.9 Å². The van der Waals surface area contributed by atoms with Crippen molar-refractivity contribution in [2.75, 3.05) is 6.61 Å². The lowest BCUT2D eigenvalue weighted by Gasteiger charge is -2.04. The van der Waals surface area contributed by atoms with Crippen molar-refractivity contribution in [3.63, 3.8) is 0 Å². The van der Waals surface area contributed by atoms with Crippen LogP contribution in [0.1, 0.15) is 6.92 Å². The molecule has 94 valence electrons. The van der Waals surface area contributed by atoms with Gasteiger partial charge < -0.3 is 14.4 Å². The van der Waals surface area contributed by atoms with Gasteiger partial charge in [0.05, 0.1) is 6.61 Å². The van der Waals surface area contributed by atoms with Crippen LogP contribution in [0.2, 0.25) is 0 Å². The third kappa shape index (κ3) is 2.71. The quantitative estimate of drug-likeness (QED) is 0.824. The summed E-state index contributed by atoms with van der Waals surface area (Å²) in [7, 11) is 0. The van der Waals surface area contributed by atoms with Gasteiger partial charge in [-0.3, -0.25) is 0 Å². The molecule has 1 aromatic carbocycles. The lowest BCUT2D eigenvalue weighted by Crippen LogP contribution is -1.95. The van der Waals surface area contributed by atoms with Gasteiger partial charge in [-0.05, 0) is 31.2 Å². The zero-order chi connectivity index (χ0) is 13.0. The van der Waals surface area contributed by atoms with E-state index in [1.807, 2.05) is 42.0 Å². The second kappa shape index (κ2) is 5.40. The third-order valence-electron chi connectivity index (χ3n) is 2.62. The first-order valence-electron chi connectivity index (χ1n) is 5.82. The first-order chi connectivity index (χ1) is 8.70. The SMILES string of the molecule is CCOc1ccc2c(ccn2C/C=C/C(=O)O)c1. The number of carboxylic acids is 1. The number of fused-ring (bicyclic) bond motifs is 1. The number of carbonyl (C=O) groups is 1. The molecule has 0 aliphatic carbocycles. The highest BCUT2D eigenvalue weighted by atomic mass is 16.5. The van der Waals surface area contributed by atoms with Crippen LogP contribution in [0.4, 0.5) is 0 Å². The Bertz CT molecular complexity index is 584. The van der Waals surface area contributed by atoms with Crippen molar-refractivity contribution in [1.82, 2.24) is 4.57 Å². The minimum absolute atomic E-state index is 0.545. The van der Waals surface area contributed by atoms with Gasteiger partial charge in [0.2, 0.25) is 0 Å². The maximum atomic E-state index is 10.4. The maximum absolute atomic E-state index is 10.4. The van der Waals surface area contributed by atoms with Gasteiger partial charge in [-0.15, -0.1) is 0 Å². The standard InChI is InChI=1S/C14H15NO3/c1-2-18-12-5-6-13-11(10-12)7-9-15(13)8-3-4-14(16)17/h3-7,9-10H,2,8H2,1H3,(H,16,17)/b4-3+. The number of benzene rings is 1. The fraction of sp³-hybridized carbons (Fsp3) is 0.214. The molecule has 0 saturated heterocycles. The highest BCUT2D eigenvalue weighted by Gasteiger charge is 2.01. The molecule has 0 unspecified atom stereocenters. The zero-order valence-electron chi connectivity index (χ0n) is 10.2. The molecule has 0 aliphatic rings. The zero-order valence-corrected chi connectivity index (χ0v) is 10.2. The van der Waals surface area contributed by atoms with Crippen LogP contribution in [-0.4, -0.2) is 22.2 Å². The number of hydrogen-bond donors (Lipinski definition) is 1. The molecular formula is C14H15NO3. The number of ether oxygens (including phenoxy) is 1. The molecule has 1 N–H and O–H groups in total. The maximum Gasteiger partial charge on any atom is 0.328 e. The highest BCUT2D eigenvalue weighted by molar-refractivity contribution is 5.82. The van der Waals surface area contributed by atoms with Crippen molar-refractivity contribution in [2.45, 2.75) is 13.5 Å². The Hall–Kier alpha value is -2.23. The molecule has 0 aliphatic heterocycles. The molecule has 0 saturated carbocycles. The van der Waals surface area contributed by atoms with Crippen LogP contribution in [0.25, 0.3) is 10.9 Å². The molecule has 18 heavy (non-hydrogen) atoms. The molecule has 1 heterocycles. The second-order valence-electron chi connectivity index (χ2n) is 3.86. The molecular weight excluding hydrogens is 230 g/mol. The lowest BCUT2D eigenvalue weighted by atomic mass is 10.2. The summed E-state index contributed by atoms with van der Waals surface area (Å²) in [4.78, 5) is 10.4. The Labute approximate surface area is 105 Å². The minimum Gasteiger partial charge on any atom is -0.494 e. The average Bonchev–Trinajstić information content (AvgIpc) is 2.72. The summed E-state index contributed by atoms with van der Waals surface area (Å²) in [5, 5.41) is 9.63. The second-order valence-corrected chi connectivity index (χ2v) is 3.86. The molecule has 2 rings (SSSR count). The van der Waals surface area contributed by atoms with Gasteiger partial charge in [-0.25, -0.2) is 4.79 Å². The van der Waals surface area contributed by atoms with Crippen LogP contribution in [-0.2, 0) is 11.3 Å². The summed E-state index contributed by atoms with van der Waals surface area (Å²) in [6.07, 6.45) is 4.71. The Morgan fingerprint density at radius 1 is 1.44 bits per heavy atom. The van der Waals surface area contributed by atoms with Crippen LogP contribution in [0.15, 0.2) is 42.6 Å².